The van der Waals surface area contributed by atoms with Crippen LogP contribution in [0.25, 0.3) is 0 Å². The molecule has 2 rings (SSSR count). The maximum Gasteiger partial charge on any atom is 0.0713 e. The molecular formula is C16H26N2O. The van der Waals surface area contributed by atoms with Crippen molar-refractivity contribution in [1.29, 1.82) is 0 Å². The van der Waals surface area contributed by atoms with Crippen LogP contribution in [0, 0.1) is 0 Å². The summed E-state index contributed by atoms with van der Waals surface area (Å²) in [4.78, 5) is 2.47. The highest BCUT2D eigenvalue weighted by molar-refractivity contribution is 5.23. The SMILES string of the molecule is COCc1cccc(CN(C)C2CCC(N)CC2)c1. The van der Waals surface area contributed by atoms with Crippen molar-refractivity contribution >= 4 is 0 Å². The molecule has 0 bridgehead atoms. The van der Waals surface area contributed by atoms with Crippen LogP contribution >= 0.6 is 0 Å². The van der Waals surface area contributed by atoms with E-state index >= 15 is 0 Å². The Kier molecular flexibility index (Phi) is 5.37. The van der Waals surface area contributed by atoms with Gasteiger partial charge in [-0.25, -0.2) is 0 Å². The summed E-state index contributed by atoms with van der Waals surface area (Å²) in [6, 6.07) is 9.79. The lowest BCUT2D eigenvalue weighted by Gasteiger charge is -2.33. The van der Waals surface area contributed by atoms with Crippen molar-refractivity contribution in [2.75, 3.05) is 14.2 Å². The minimum atomic E-state index is 0.426. The van der Waals surface area contributed by atoms with Crippen molar-refractivity contribution in [1.82, 2.24) is 4.90 Å². The summed E-state index contributed by atoms with van der Waals surface area (Å²) in [7, 11) is 3.97. The Balaban J connectivity index is 1.90. The van der Waals surface area contributed by atoms with E-state index in [4.69, 9.17) is 10.5 Å². The number of nitrogens with zero attached hydrogens (tertiary/aromatic N) is 1. The monoisotopic (exact) mass is 262 g/mol. The minimum absolute atomic E-state index is 0.426. The number of benzene rings is 1. The molecule has 1 fully saturated rings. The van der Waals surface area contributed by atoms with Gasteiger partial charge in [-0.1, -0.05) is 24.3 Å². The van der Waals surface area contributed by atoms with Gasteiger partial charge in [0.25, 0.3) is 0 Å². The van der Waals surface area contributed by atoms with Crippen LogP contribution in [0.2, 0.25) is 0 Å². The number of hydrogen-bond acceptors (Lipinski definition) is 3. The lowest BCUT2D eigenvalue weighted by Crippen LogP contribution is -2.38. The van der Waals surface area contributed by atoms with Gasteiger partial charge in [-0.15, -0.1) is 0 Å². The van der Waals surface area contributed by atoms with Crippen molar-refractivity contribution in [3.63, 3.8) is 0 Å². The van der Waals surface area contributed by atoms with Crippen LogP contribution < -0.4 is 5.73 Å². The quantitative estimate of drug-likeness (QED) is 0.886. The first-order chi connectivity index (χ1) is 9.19. The minimum Gasteiger partial charge on any atom is -0.380 e. The van der Waals surface area contributed by atoms with Crippen molar-refractivity contribution in [2.45, 2.75) is 50.9 Å². The number of rotatable bonds is 5. The van der Waals surface area contributed by atoms with Crippen LogP contribution in [0.5, 0.6) is 0 Å². The predicted molar refractivity (Wildman–Crippen MR) is 78.9 cm³/mol. The average Bonchev–Trinajstić information content (AvgIpc) is 2.40. The van der Waals surface area contributed by atoms with E-state index < -0.39 is 0 Å². The molecule has 0 heterocycles. The largest absolute Gasteiger partial charge is 0.380 e. The highest BCUT2D eigenvalue weighted by Gasteiger charge is 2.21. The molecule has 0 aliphatic heterocycles. The van der Waals surface area contributed by atoms with Crippen molar-refractivity contribution < 1.29 is 4.74 Å². The molecule has 0 aromatic heterocycles. The molecule has 0 radical (unpaired) electrons. The van der Waals surface area contributed by atoms with Crippen LogP contribution in [-0.2, 0) is 17.9 Å². The summed E-state index contributed by atoms with van der Waals surface area (Å²) in [6.07, 6.45) is 4.79. The number of ether oxygens (including phenoxy) is 1. The van der Waals surface area contributed by atoms with E-state index in [1.54, 1.807) is 7.11 Å². The second kappa shape index (κ2) is 7.04. The molecule has 106 valence electrons. The summed E-state index contributed by atoms with van der Waals surface area (Å²) in [5, 5.41) is 0. The van der Waals surface area contributed by atoms with Crippen LogP contribution in [-0.4, -0.2) is 31.1 Å². The molecule has 3 nitrogen and oxygen atoms in total. The van der Waals surface area contributed by atoms with E-state index in [0.717, 1.165) is 6.54 Å². The van der Waals surface area contributed by atoms with Crippen LogP contribution in [0.15, 0.2) is 24.3 Å². The molecule has 3 heteroatoms. The van der Waals surface area contributed by atoms with Crippen molar-refractivity contribution in [2.24, 2.45) is 5.73 Å². The summed E-state index contributed by atoms with van der Waals surface area (Å²) < 4.78 is 5.19. The second-order valence-electron chi connectivity index (χ2n) is 5.74. The Labute approximate surface area is 116 Å². The number of hydrogen-bond donors (Lipinski definition) is 1. The van der Waals surface area contributed by atoms with E-state index in [2.05, 4.69) is 36.2 Å². The van der Waals surface area contributed by atoms with Gasteiger partial charge in [0.15, 0.2) is 0 Å². The topological polar surface area (TPSA) is 38.5 Å². The maximum atomic E-state index is 5.97. The first-order valence-electron chi connectivity index (χ1n) is 7.21. The lowest BCUT2D eigenvalue weighted by atomic mass is 9.91. The normalized spacial score (nSPS) is 23.8. The molecule has 0 spiro atoms. The van der Waals surface area contributed by atoms with Crippen LogP contribution in [0.1, 0.15) is 36.8 Å². The average molecular weight is 262 g/mol. The van der Waals surface area contributed by atoms with Gasteiger partial charge in [-0.05, 0) is 43.9 Å². The second-order valence-corrected chi connectivity index (χ2v) is 5.74. The lowest BCUT2D eigenvalue weighted by molar-refractivity contribution is 0.175. The number of methoxy groups -OCH3 is 1. The molecule has 2 N–H and O–H groups in total. The molecule has 0 saturated heterocycles. The Bertz CT molecular complexity index is 386. The molecule has 1 saturated carbocycles. The van der Waals surface area contributed by atoms with Gasteiger partial charge in [-0.2, -0.15) is 0 Å². The zero-order valence-corrected chi connectivity index (χ0v) is 12.1. The van der Waals surface area contributed by atoms with Gasteiger partial charge in [0, 0.05) is 25.7 Å². The Morgan fingerprint density at radius 3 is 2.58 bits per heavy atom. The standard InChI is InChI=1S/C16H26N2O/c1-18(16-8-6-15(17)7-9-16)11-13-4-3-5-14(10-13)12-19-2/h3-5,10,15-16H,6-9,11-12,17H2,1-2H3. The van der Waals surface area contributed by atoms with Crippen LogP contribution in [0.4, 0.5) is 0 Å². The predicted octanol–water partition coefficient (Wildman–Crippen LogP) is 2.53. The van der Waals surface area contributed by atoms with Gasteiger partial charge in [0.2, 0.25) is 0 Å². The smallest absolute Gasteiger partial charge is 0.0713 e. The molecular weight excluding hydrogens is 236 g/mol. The first-order valence-corrected chi connectivity index (χ1v) is 7.21. The Morgan fingerprint density at radius 1 is 1.21 bits per heavy atom. The summed E-state index contributed by atoms with van der Waals surface area (Å²) >= 11 is 0. The third-order valence-electron chi connectivity index (χ3n) is 4.10. The van der Waals surface area contributed by atoms with E-state index in [9.17, 15) is 0 Å². The summed E-state index contributed by atoms with van der Waals surface area (Å²) in [5.41, 5.74) is 8.59. The highest BCUT2D eigenvalue weighted by atomic mass is 16.5. The molecule has 0 unspecified atom stereocenters. The summed E-state index contributed by atoms with van der Waals surface area (Å²) in [5.74, 6) is 0. The van der Waals surface area contributed by atoms with Crippen molar-refractivity contribution in [3.8, 4) is 0 Å². The summed E-state index contributed by atoms with van der Waals surface area (Å²) in [6.45, 7) is 1.70. The van der Waals surface area contributed by atoms with Gasteiger partial charge in [-0.3, -0.25) is 4.90 Å². The van der Waals surface area contributed by atoms with E-state index in [-0.39, 0.29) is 0 Å². The fraction of sp³-hybridized carbons (Fsp3) is 0.625. The molecule has 0 amide bonds. The fourth-order valence-electron chi connectivity index (χ4n) is 2.94. The molecule has 1 aromatic rings. The molecule has 1 aliphatic rings. The van der Waals surface area contributed by atoms with Gasteiger partial charge in [0.05, 0.1) is 6.61 Å². The molecule has 1 aliphatic carbocycles. The van der Waals surface area contributed by atoms with Crippen molar-refractivity contribution in [3.05, 3.63) is 35.4 Å². The first kappa shape index (κ1) is 14.5. The van der Waals surface area contributed by atoms with E-state index in [1.807, 2.05) is 0 Å². The van der Waals surface area contributed by atoms with Gasteiger partial charge < -0.3 is 10.5 Å². The zero-order chi connectivity index (χ0) is 13.7. The zero-order valence-electron chi connectivity index (χ0n) is 12.1. The van der Waals surface area contributed by atoms with Gasteiger partial charge >= 0.3 is 0 Å². The third-order valence-corrected chi connectivity index (χ3v) is 4.10. The van der Waals surface area contributed by atoms with Gasteiger partial charge in [0.1, 0.15) is 0 Å². The van der Waals surface area contributed by atoms with Crippen LogP contribution in [0.3, 0.4) is 0 Å². The van der Waals surface area contributed by atoms with E-state index in [1.165, 1.54) is 36.8 Å². The molecule has 1 aromatic carbocycles. The molecule has 0 atom stereocenters. The highest BCUT2D eigenvalue weighted by Crippen LogP contribution is 2.22. The Morgan fingerprint density at radius 2 is 1.89 bits per heavy atom. The maximum absolute atomic E-state index is 5.97. The third kappa shape index (κ3) is 4.30. The molecule has 19 heavy (non-hydrogen) atoms. The van der Waals surface area contributed by atoms with E-state index in [0.29, 0.717) is 18.7 Å². The fourth-order valence-corrected chi connectivity index (χ4v) is 2.94. The Hall–Kier alpha value is -0.900. The number of nitrogens with two attached hydrogens (primary N) is 1.